The second kappa shape index (κ2) is 8.75. The van der Waals surface area contributed by atoms with Crippen LogP contribution in [0.3, 0.4) is 0 Å². The quantitative estimate of drug-likeness (QED) is 0.204. The first kappa shape index (κ1) is 23.1. The molecule has 0 saturated carbocycles. The Kier molecular flexibility index (Phi) is 5.32. The van der Waals surface area contributed by atoms with E-state index in [4.69, 9.17) is 11.6 Å². The van der Waals surface area contributed by atoms with Crippen LogP contribution < -0.4 is 10.2 Å². The number of anilines is 2. The monoisotopic (exact) mass is 538 g/mol. The summed E-state index contributed by atoms with van der Waals surface area (Å²) in [5.41, 5.74) is 6.71. The predicted molar refractivity (Wildman–Crippen MR) is 156 cm³/mol. The highest BCUT2D eigenvalue weighted by Crippen LogP contribution is 2.45. The molecule has 7 rings (SSSR count). The molecule has 8 heteroatoms. The van der Waals surface area contributed by atoms with Gasteiger partial charge in [-0.15, -0.1) is 22.9 Å². The van der Waals surface area contributed by atoms with Crippen molar-refractivity contribution in [1.29, 1.82) is 0 Å². The average Bonchev–Trinajstić information content (AvgIpc) is 3.70. The van der Waals surface area contributed by atoms with Gasteiger partial charge in [0, 0.05) is 61.6 Å². The van der Waals surface area contributed by atoms with Crippen molar-refractivity contribution < 1.29 is 9.59 Å². The average molecular weight is 539 g/mol. The molecule has 2 amide bonds. The minimum absolute atomic E-state index is 0.0865. The summed E-state index contributed by atoms with van der Waals surface area (Å²) in [7, 11) is 0. The summed E-state index contributed by atoms with van der Waals surface area (Å²) < 4.78 is 1.22. The van der Waals surface area contributed by atoms with Crippen molar-refractivity contribution >= 4 is 78.0 Å². The molecule has 0 unspecified atom stereocenters. The molecule has 1 aliphatic rings. The van der Waals surface area contributed by atoms with Gasteiger partial charge in [0.05, 0.1) is 0 Å². The third-order valence-electron chi connectivity index (χ3n) is 7.36. The number of H-pyrrole nitrogens is 2. The van der Waals surface area contributed by atoms with Crippen LogP contribution in [0.25, 0.3) is 31.9 Å². The zero-order chi connectivity index (χ0) is 26.0. The Morgan fingerprint density at radius 3 is 2.63 bits per heavy atom. The molecule has 188 valence electrons. The summed E-state index contributed by atoms with van der Waals surface area (Å²) in [5.74, 6) is 0.231. The van der Waals surface area contributed by atoms with Gasteiger partial charge in [-0.25, -0.2) is 0 Å². The zero-order valence-corrected chi connectivity index (χ0v) is 22.0. The van der Waals surface area contributed by atoms with E-state index in [1.54, 1.807) is 11.3 Å². The van der Waals surface area contributed by atoms with Crippen molar-refractivity contribution in [2.45, 2.75) is 12.8 Å². The molecule has 6 aromatic rings. The summed E-state index contributed by atoms with van der Waals surface area (Å²) >= 11 is 8.10. The number of benzene rings is 3. The van der Waals surface area contributed by atoms with E-state index in [-0.39, 0.29) is 17.7 Å². The fourth-order valence-corrected chi connectivity index (χ4v) is 6.76. The number of nitrogens with one attached hydrogen (secondary N) is 3. The number of carbonyl (C=O) groups is 2. The van der Waals surface area contributed by atoms with Crippen molar-refractivity contribution in [3.05, 3.63) is 94.6 Å². The predicted octanol–water partition coefficient (Wildman–Crippen LogP) is 7.41. The van der Waals surface area contributed by atoms with Crippen molar-refractivity contribution in [3.8, 4) is 0 Å². The van der Waals surface area contributed by atoms with Crippen molar-refractivity contribution in [1.82, 2.24) is 9.97 Å². The Labute approximate surface area is 227 Å². The van der Waals surface area contributed by atoms with Gasteiger partial charge in [-0.05, 0) is 72.0 Å². The molecule has 3 aromatic carbocycles. The Bertz CT molecular complexity index is 1870. The minimum Gasteiger partial charge on any atom is -0.351 e. The first-order valence-electron chi connectivity index (χ1n) is 12.4. The summed E-state index contributed by atoms with van der Waals surface area (Å²) in [4.78, 5) is 34.8. The van der Waals surface area contributed by atoms with E-state index in [9.17, 15) is 9.59 Å². The summed E-state index contributed by atoms with van der Waals surface area (Å²) in [6.45, 7) is 2.66. The Morgan fingerprint density at radius 1 is 1.00 bits per heavy atom. The zero-order valence-electron chi connectivity index (χ0n) is 20.5. The molecule has 6 nitrogen and oxygen atoms in total. The van der Waals surface area contributed by atoms with Gasteiger partial charge in [0.25, 0.3) is 11.8 Å². The molecule has 1 atom stereocenters. The first-order valence-corrected chi connectivity index (χ1v) is 13.8. The maximum absolute atomic E-state index is 13.7. The number of nitrogens with zero attached hydrogens (tertiary/aromatic N) is 1. The third-order valence-corrected chi connectivity index (χ3v) is 8.80. The molecule has 0 bridgehead atoms. The minimum atomic E-state index is -0.219. The van der Waals surface area contributed by atoms with Crippen LogP contribution in [0.1, 0.15) is 38.0 Å². The number of aromatic nitrogens is 2. The topological polar surface area (TPSA) is 81.0 Å². The van der Waals surface area contributed by atoms with Gasteiger partial charge in [0.2, 0.25) is 0 Å². The molecule has 1 aliphatic heterocycles. The van der Waals surface area contributed by atoms with E-state index in [1.807, 2.05) is 65.6 Å². The van der Waals surface area contributed by atoms with Crippen LogP contribution >= 0.6 is 22.9 Å². The highest BCUT2D eigenvalue weighted by Gasteiger charge is 2.35. The van der Waals surface area contributed by atoms with Gasteiger partial charge >= 0.3 is 0 Å². The lowest BCUT2D eigenvalue weighted by molar-refractivity contribution is 0.0983. The molecule has 3 N–H and O–H groups in total. The number of hydrogen-bond donors (Lipinski definition) is 3. The molecular formula is C30H23ClN4O2S. The smallest absolute Gasteiger partial charge is 0.274 e. The maximum atomic E-state index is 13.7. The van der Waals surface area contributed by atoms with Crippen LogP contribution in [-0.4, -0.2) is 34.2 Å². The Balaban J connectivity index is 1.18. The molecule has 0 saturated heterocycles. The summed E-state index contributed by atoms with van der Waals surface area (Å²) in [6.07, 6.45) is 0. The number of alkyl halides is 1. The van der Waals surface area contributed by atoms with Crippen LogP contribution in [0.2, 0.25) is 0 Å². The standard InChI is InChI=1S/C30H23ClN4O2S/c1-16-15-38-26-9-8-25-28(27(16)26)19(13-31)14-35(25)30(37)24-12-18-10-20(6-7-22(18)34-24)32-29(36)23-11-17-4-2-3-5-21(17)33-23/h2-12,15,19,33-34H,13-14H2,1H3,(H,32,36)/t19-/m0/s1. The first-order chi connectivity index (χ1) is 18.5. The van der Waals surface area contributed by atoms with Crippen LogP contribution in [0.4, 0.5) is 11.4 Å². The molecule has 0 spiro atoms. The lowest BCUT2D eigenvalue weighted by atomic mass is 9.97. The van der Waals surface area contributed by atoms with Crippen molar-refractivity contribution in [2.24, 2.45) is 0 Å². The lowest BCUT2D eigenvalue weighted by Crippen LogP contribution is -2.30. The van der Waals surface area contributed by atoms with Crippen molar-refractivity contribution in [2.75, 3.05) is 22.6 Å². The highest BCUT2D eigenvalue weighted by atomic mass is 35.5. The number of thiophene rings is 1. The molecule has 0 radical (unpaired) electrons. The van der Waals surface area contributed by atoms with Crippen LogP contribution in [0, 0.1) is 6.92 Å². The molecule has 0 aliphatic carbocycles. The SMILES string of the molecule is Cc1csc2ccc3c(c12)[C@@H](CCl)CN3C(=O)c1cc2cc(NC(=O)c3cc4ccccc4[nH]3)ccc2[nH]1. The van der Waals surface area contributed by atoms with Gasteiger partial charge in [-0.1, -0.05) is 18.2 Å². The summed E-state index contributed by atoms with van der Waals surface area (Å²) in [5, 5.41) is 8.17. The van der Waals surface area contributed by atoms with Gasteiger partial charge in [-0.3, -0.25) is 9.59 Å². The molecule has 38 heavy (non-hydrogen) atoms. The number of fused-ring (bicyclic) bond motifs is 5. The molecule has 0 fully saturated rings. The van der Waals surface area contributed by atoms with Crippen LogP contribution in [0.15, 0.2) is 72.1 Å². The van der Waals surface area contributed by atoms with E-state index >= 15 is 0 Å². The maximum Gasteiger partial charge on any atom is 0.274 e. The molecule has 3 aromatic heterocycles. The fraction of sp³-hybridized carbons (Fsp3) is 0.133. The van der Waals surface area contributed by atoms with Crippen molar-refractivity contribution in [3.63, 3.8) is 0 Å². The number of aryl methyl sites for hydroxylation is 1. The van der Waals surface area contributed by atoms with E-state index in [0.29, 0.717) is 29.5 Å². The Hall–Kier alpha value is -4.07. The normalized spacial score (nSPS) is 15.0. The van der Waals surface area contributed by atoms with Gasteiger partial charge in [-0.2, -0.15) is 0 Å². The number of aromatic amines is 2. The second-order valence-corrected chi connectivity index (χ2v) is 11.0. The van der Waals surface area contributed by atoms with E-state index in [2.05, 4.69) is 33.7 Å². The number of halogens is 1. The van der Waals surface area contributed by atoms with Crippen LogP contribution in [0.5, 0.6) is 0 Å². The van der Waals surface area contributed by atoms with Crippen LogP contribution in [-0.2, 0) is 0 Å². The summed E-state index contributed by atoms with van der Waals surface area (Å²) in [6, 6.07) is 21.2. The number of rotatable bonds is 4. The highest BCUT2D eigenvalue weighted by molar-refractivity contribution is 7.17. The van der Waals surface area contributed by atoms with E-state index in [0.717, 1.165) is 27.5 Å². The molecular weight excluding hydrogens is 516 g/mol. The molecule has 4 heterocycles. The Morgan fingerprint density at radius 2 is 1.79 bits per heavy atom. The number of hydrogen-bond acceptors (Lipinski definition) is 3. The van der Waals surface area contributed by atoms with E-state index < -0.39 is 0 Å². The van der Waals surface area contributed by atoms with Gasteiger partial charge in [0.1, 0.15) is 11.4 Å². The largest absolute Gasteiger partial charge is 0.351 e. The van der Waals surface area contributed by atoms with Gasteiger partial charge < -0.3 is 20.2 Å². The number of carbonyl (C=O) groups excluding carboxylic acids is 2. The van der Waals surface area contributed by atoms with E-state index in [1.165, 1.54) is 21.2 Å². The fourth-order valence-electron chi connectivity index (χ4n) is 5.55. The third kappa shape index (κ3) is 3.61. The number of amides is 2. The van der Waals surface area contributed by atoms with Gasteiger partial charge in [0.15, 0.2) is 0 Å². The number of para-hydroxylation sites is 1. The lowest BCUT2D eigenvalue weighted by Gasteiger charge is -2.17. The second-order valence-electron chi connectivity index (χ2n) is 9.77.